The van der Waals surface area contributed by atoms with E-state index in [0.29, 0.717) is 28.6 Å². The molecule has 3 aromatic heterocycles. The molecule has 0 atom stereocenters. The lowest BCUT2D eigenvalue weighted by atomic mass is 10.2. The average Bonchev–Trinajstić information content (AvgIpc) is 3.18. The SMILES string of the molecule is Cc1cc(Nc2cc(C)[nH]n2)nc(COc2ccc3[nH][nH]c(=O)c3c2)n1. The Balaban J connectivity index is 1.51. The van der Waals surface area contributed by atoms with Gasteiger partial charge >= 0.3 is 0 Å². The maximum absolute atomic E-state index is 11.7. The van der Waals surface area contributed by atoms with Gasteiger partial charge in [0.1, 0.15) is 18.2 Å². The van der Waals surface area contributed by atoms with Gasteiger partial charge in [-0.25, -0.2) is 9.97 Å². The molecule has 4 rings (SSSR count). The van der Waals surface area contributed by atoms with Crippen molar-refractivity contribution in [2.45, 2.75) is 20.5 Å². The van der Waals surface area contributed by atoms with Crippen molar-refractivity contribution in [3.8, 4) is 5.75 Å². The van der Waals surface area contributed by atoms with Crippen molar-refractivity contribution in [2.24, 2.45) is 0 Å². The molecule has 0 aliphatic heterocycles. The van der Waals surface area contributed by atoms with Crippen LogP contribution in [-0.2, 0) is 6.61 Å². The van der Waals surface area contributed by atoms with Gasteiger partial charge in [-0.2, -0.15) is 5.10 Å². The minimum Gasteiger partial charge on any atom is -0.486 e. The Morgan fingerprint density at radius 3 is 2.77 bits per heavy atom. The van der Waals surface area contributed by atoms with Gasteiger partial charge < -0.3 is 10.1 Å². The topological polar surface area (TPSA) is 124 Å². The molecule has 0 bridgehead atoms. The van der Waals surface area contributed by atoms with Crippen molar-refractivity contribution >= 4 is 22.5 Å². The zero-order valence-corrected chi connectivity index (χ0v) is 14.3. The number of hydrogen-bond donors (Lipinski definition) is 4. The predicted octanol–water partition coefficient (Wildman–Crippen LogP) is 2.31. The van der Waals surface area contributed by atoms with Gasteiger partial charge in [-0.15, -0.1) is 0 Å². The molecule has 0 spiro atoms. The smallest absolute Gasteiger partial charge is 0.271 e. The molecule has 0 fully saturated rings. The summed E-state index contributed by atoms with van der Waals surface area (Å²) in [7, 11) is 0. The van der Waals surface area contributed by atoms with Gasteiger partial charge in [0, 0.05) is 23.5 Å². The number of aromatic nitrogens is 6. The fourth-order valence-electron chi connectivity index (χ4n) is 2.62. The van der Waals surface area contributed by atoms with Crippen molar-refractivity contribution in [1.82, 2.24) is 30.4 Å². The third kappa shape index (κ3) is 3.27. The maximum atomic E-state index is 11.7. The first-order valence-electron chi connectivity index (χ1n) is 8.03. The number of benzene rings is 1. The first-order valence-corrected chi connectivity index (χ1v) is 8.03. The van der Waals surface area contributed by atoms with Crippen molar-refractivity contribution in [2.75, 3.05) is 5.32 Å². The van der Waals surface area contributed by atoms with Crippen molar-refractivity contribution in [1.29, 1.82) is 0 Å². The van der Waals surface area contributed by atoms with Gasteiger partial charge in [-0.1, -0.05) is 0 Å². The van der Waals surface area contributed by atoms with E-state index in [9.17, 15) is 4.79 Å². The maximum Gasteiger partial charge on any atom is 0.271 e. The standard InChI is InChI=1S/C17H17N7O2/c1-9-5-14(19-15-6-10(2)21-23-15)20-16(18-9)8-26-11-3-4-13-12(7-11)17(25)24-22-13/h3-7H,8H2,1-2H3,(H2,22,24,25)(H2,18,19,20,21,23). The normalized spacial score (nSPS) is 11.0. The Morgan fingerprint density at radius 1 is 1.08 bits per heavy atom. The molecular formula is C17H17N7O2. The molecule has 4 aromatic rings. The van der Waals surface area contributed by atoms with Crippen molar-refractivity contribution in [3.63, 3.8) is 0 Å². The molecule has 0 aliphatic rings. The van der Waals surface area contributed by atoms with Crippen LogP contribution < -0.4 is 15.6 Å². The number of ether oxygens (including phenoxy) is 1. The van der Waals surface area contributed by atoms with Gasteiger partial charge in [0.05, 0.1) is 10.9 Å². The fraction of sp³-hybridized carbons (Fsp3) is 0.176. The van der Waals surface area contributed by atoms with E-state index in [1.807, 2.05) is 26.0 Å². The fourth-order valence-corrected chi connectivity index (χ4v) is 2.62. The van der Waals surface area contributed by atoms with Crippen LogP contribution in [0, 0.1) is 13.8 Å². The number of aryl methyl sites for hydroxylation is 2. The van der Waals surface area contributed by atoms with E-state index in [1.54, 1.807) is 18.2 Å². The highest BCUT2D eigenvalue weighted by Gasteiger charge is 2.07. The Bertz CT molecular complexity index is 1130. The number of rotatable bonds is 5. The summed E-state index contributed by atoms with van der Waals surface area (Å²) in [4.78, 5) is 20.5. The predicted molar refractivity (Wildman–Crippen MR) is 96.6 cm³/mol. The Hall–Kier alpha value is -3.62. The van der Waals surface area contributed by atoms with Crippen LogP contribution in [0.15, 0.2) is 35.1 Å². The molecule has 0 unspecified atom stereocenters. The molecule has 0 saturated carbocycles. The van der Waals surface area contributed by atoms with Crippen LogP contribution in [0.2, 0.25) is 0 Å². The summed E-state index contributed by atoms with van der Waals surface area (Å²) >= 11 is 0. The highest BCUT2D eigenvalue weighted by molar-refractivity contribution is 5.79. The number of anilines is 2. The second-order valence-electron chi connectivity index (χ2n) is 5.95. The molecule has 132 valence electrons. The van der Waals surface area contributed by atoms with Crippen molar-refractivity contribution < 1.29 is 4.74 Å². The van der Waals surface area contributed by atoms with Crippen LogP contribution in [0.25, 0.3) is 10.9 Å². The molecule has 3 heterocycles. The average molecular weight is 351 g/mol. The summed E-state index contributed by atoms with van der Waals surface area (Å²) in [5.74, 6) is 2.43. The van der Waals surface area contributed by atoms with Gasteiger partial charge in [-0.05, 0) is 32.0 Å². The molecule has 9 nitrogen and oxygen atoms in total. The van der Waals surface area contributed by atoms with Gasteiger partial charge in [0.15, 0.2) is 11.6 Å². The first kappa shape index (κ1) is 15.9. The summed E-state index contributed by atoms with van der Waals surface area (Å²) in [6.07, 6.45) is 0. The number of aromatic amines is 3. The lowest BCUT2D eigenvalue weighted by Crippen LogP contribution is -2.06. The summed E-state index contributed by atoms with van der Waals surface area (Å²) < 4.78 is 5.75. The highest BCUT2D eigenvalue weighted by Crippen LogP contribution is 2.18. The van der Waals surface area contributed by atoms with Crippen molar-refractivity contribution in [3.05, 3.63) is 57.9 Å². The van der Waals surface area contributed by atoms with E-state index in [0.717, 1.165) is 16.9 Å². The molecule has 26 heavy (non-hydrogen) atoms. The van der Waals surface area contributed by atoms with Crippen LogP contribution in [0.3, 0.4) is 0 Å². The lowest BCUT2D eigenvalue weighted by Gasteiger charge is -2.08. The Labute approximate surface area is 147 Å². The van der Waals surface area contributed by atoms with E-state index in [1.165, 1.54) is 0 Å². The van der Waals surface area contributed by atoms with Gasteiger partial charge in [-0.3, -0.25) is 20.1 Å². The summed E-state index contributed by atoms with van der Waals surface area (Å²) in [5.41, 5.74) is 2.32. The number of H-pyrrole nitrogens is 3. The van der Waals surface area contributed by atoms with Crippen LogP contribution in [0.4, 0.5) is 11.6 Å². The number of nitrogens with one attached hydrogen (secondary N) is 4. The second kappa shape index (κ2) is 6.36. The minimum atomic E-state index is -0.182. The molecule has 1 aromatic carbocycles. The molecule has 0 amide bonds. The van der Waals surface area contributed by atoms with Crippen LogP contribution in [-0.4, -0.2) is 30.4 Å². The number of hydrogen-bond acceptors (Lipinski definition) is 6. The summed E-state index contributed by atoms with van der Waals surface area (Å²) in [6, 6.07) is 8.97. The largest absolute Gasteiger partial charge is 0.486 e. The third-order valence-corrected chi connectivity index (χ3v) is 3.78. The Morgan fingerprint density at radius 2 is 1.96 bits per heavy atom. The molecule has 0 saturated heterocycles. The molecule has 0 radical (unpaired) electrons. The van der Waals surface area contributed by atoms with Gasteiger partial charge in [0.25, 0.3) is 5.56 Å². The van der Waals surface area contributed by atoms with E-state index in [2.05, 4.69) is 35.7 Å². The molecule has 4 N–H and O–H groups in total. The van der Waals surface area contributed by atoms with E-state index in [-0.39, 0.29) is 12.2 Å². The molecule has 9 heteroatoms. The first-order chi connectivity index (χ1) is 12.6. The van der Waals surface area contributed by atoms with Crippen LogP contribution >= 0.6 is 0 Å². The van der Waals surface area contributed by atoms with E-state index in [4.69, 9.17) is 4.74 Å². The minimum absolute atomic E-state index is 0.182. The second-order valence-corrected chi connectivity index (χ2v) is 5.95. The quantitative estimate of drug-likeness (QED) is 0.437. The lowest BCUT2D eigenvalue weighted by molar-refractivity contribution is 0.296. The Kier molecular flexibility index (Phi) is 3.88. The summed E-state index contributed by atoms with van der Waals surface area (Å²) in [5, 5.41) is 16.0. The van der Waals surface area contributed by atoms with Crippen LogP contribution in [0.1, 0.15) is 17.2 Å². The van der Waals surface area contributed by atoms with E-state index < -0.39 is 0 Å². The molecular weight excluding hydrogens is 334 g/mol. The third-order valence-electron chi connectivity index (χ3n) is 3.78. The monoisotopic (exact) mass is 351 g/mol. The zero-order chi connectivity index (χ0) is 18.1. The van der Waals surface area contributed by atoms with E-state index >= 15 is 0 Å². The zero-order valence-electron chi connectivity index (χ0n) is 14.3. The highest BCUT2D eigenvalue weighted by atomic mass is 16.5. The number of fused-ring (bicyclic) bond motifs is 1. The van der Waals surface area contributed by atoms with Crippen LogP contribution in [0.5, 0.6) is 5.75 Å². The van der Waals surface area contributed by atoms with Gasteiger partial charge in [0.2, 0.25) is 0 Å². The number of nitrogens with zero attached hydrogens (tertiary/aromatic N) is 3. The molecule has 0 aliphatic carbocycles. The summed E-state index contributed by atoms with van der Waals surface area (Å²) in [6.45, 7) is 4.00.